The Morgan fingerprint density at radius 3 is 1.69 bits per heavy atom. The first-order chi connectivity index (χ1) is 20.8. The summed E-state index contributed by atoms with van der Waals surface area (Å²) in [5.41, 5.74) is 4.69. The first-order valence-electron chi connectivity index (χ1n) is 13.6. The highest BCUT2D eigenvalue weighted by Crippen LogP contribution is 2.15. The van der Waals surface area contributed by atoms with Crippen LogP contribution in [0.5, 0.6) is 11.5 Å². The minimum atomic E-state index is -0.586. The lowest BCUT2D eigenvalue weighted by atomic mass is 10.2. The molecule has 45 heavy (non-hydrogen) atoms. The van der Waals surface area contributed by atoms with Crippen molar-refractivity contribution in [3.05, 3.63) is 80.0 Å². The second-order valence-corrected chi connectivity index (χ2v) is 12.6. The molecule has 0 bridgehead atoms. The van der Waals surface area contributed by atoms with Crippen LogP contribution >= 0.6 is 73.5 Å². The van der Waals surface area contributed by atoms with Crippen LogP contribution in [0.2, 0.25) is 0 Å². The number of carbonyl (C=O) groups is 3. The van der Waals surface area contributed by atoms with Crippen LogP contribution in [0.3, 0.4) is 0 Å². The van der Waals surface area contributed by atoms with Crippen LogP contribution in [0.25, 0.3) is 0 Å². The Balaban J connectivity index is 0. The Bertz CT molecular complexity index is 1160. The van der Waals surface area contributed by atoms with Crippen molar-refractivity contribution in [3.8, 4) is 11.5 Å². The molecule has 0 saturated carbocycles. The molecule has 14 heteroatoms. The van der Waals surface area contributed by atoms with Gasteiger partial charge in [-0.1, -0.05) is 28.1 Å². The lowest BCUT2D eigenvalue weighted by molar-refractivity contribution is -0.116. The zero-order chi connectivity index (χ0) is 33.4. The molecule has 0 unspecified atom stereocenters. The summed E-state index contributed by atoms with van der Waals surface area (Å²) in [7, 11) is 3.15. The Morgan fingerprint density at radius 1 is 0.844 bits per heavy atom. The van der Waals surface area contributed by atoms with Gasteiger partial charge in [0.1, 0.15) is 30.3 Å². The van der Waals surface area contributed by atoms with E-state index in [1.54, 1.807) is 26.2 Å². The smallest absolute Gasteiger partial charge is 0.410 e. The fourth-order valence-corrected chi connectivity index (χ4v) is 3.61. The molecule has 0 aliphatic heterocycles. The molecule has 0 heterocycles. The van der Waals surface area contributed by atoms with Gasteiger partial charge in [-0.2, -0.15) is 0 Å². The number of ether oxygens (including phenoxy) is 3. The van der Waals surface area contributed by atoms with Crippen LogP contribution < -0.4 is 25.8 Å². The second kappa shape index (κ2) is 27.1. The van der Waals surface area contributed by atoms with Gasteiger partial charge in [0.05, 0.1) is 6.54 Å². The van der Waals surface area contributed by atoms with Crippen LogP contribution in [0.1, 0.15) is 20.8 Å². The summed E-state index contributed by atoms with van der Waals surface area (Å²) in [6, 6.07) is 15.6. The average Bonchev–Trinajstić information content (AvgIpc) is 2.99. The van der Waals surface area contributed by atoms with Gasteiger partial charge < -0.3 is 35.5 Å². The van der Waals surface area contributed by atoms with E-state index in [2.05, 4.69) is 71.7 Å². The van der Waals surface area contributed by atoms with Crippen LogP contribution in [0.4, 0.5) is 4.79 Å². The minimum absolute atomic E-state index is 0. The molecule has 252 valence electrons. The molecular formula is C31H44BrClI2N4O6. The lowest BCUT2D eigenvalue weighted by Crippen LogP contribution is -2.39. The molecule has 0 aromatic heterocycles. The fraction of sp³-hybridized carbons (Fsp3) is 0.387. The molecule has 0 aliphatic rings. The van der Waals surface area contributed by atoms with E-state index >= 15 is 0 Å². The SMILES string of the molecule is CNC(=O)/C=C/CBr.CNC(=O)/C=C/CN(CCOc1ccc(I)cc1)C(=O)OC(C)(C)C.Cl.NCCOc1ccc(I)cc1. The summed E-state index contributed by atoms with van der Waals surface area (Å²) in [6.07, 6.45) is 5.78. The number of amides is 3. The summed E-state index contributed by atoms with van der Waals surface area (Å²) in [4.78, 5) is 35.4. The maximum absolute atomic E-state index is 12.3. The largest absolute Gasteiger partial charge is 0.492 e. The van der Waals surface area contributed by atoms with Gasteiger partial charge in [-0.3, -0.25) is 9.59 Å². The van der Waals surface area contributed by atoms with E-state index in [4.69, 9.17) is 19.9 Å². The Hall–Kier alpha value is -2.08. The molecule has 0 spiro atoms. The predicted octanol–water partition coefficient (Wildman–Crippen LogP) is 5.94. The van der Waals surface area contributed by atoms with Gasteiger partial charge >= 0.3 is 6.09 Å². The van der Waals surface area contributed by atoms with Crippen molar-refractivity contribution >= 4 is 91.4 Å². The van der Waals surface area contributed by atoms with E-state index in [1.807, 2.05) is 69.3 Å². The maximum atomic E-state index is 12.3. The Morgan fingerprint density at radius 2 is 1.29 bits per heavy atom. The quantitative estimate of drug-likeness (QED) is 0.136. The molecule has 10 nitrogen and oxygen atoms in total. The summed E-state index contributed by atoms with van der Waals surface area (Å²) in [5, 5.41) is 5.67. The molecule has 0 fully saturated rings. The number of alkyl halides is 1. The molecule has 0 radical (unpaired) electrons. The monoisotopic (exact) mass is 936 g/mol. The molecule has 4 N–H and O–H groups in total. The van der Waals surface area contributed by atoms with Crippen LogP contribution in [0.15, 0.2) is 72.8 Å². The van der Waals surface area contributed by atoms with Crippen molar-refractivity contribution in [1.82, 2.24) is 15.5 Å². The predicted molar refractivity (Wildman–Crippen MR) is 204 cm³/mol. The summed E-state index contributed by atoms with van der Waals surface area (Å²) < 4.78 is 18.7. The standard InChI is InChI=1S/C18H25IN2O4.C8H10INO.C5H8BrNO.ClH/c1-18(2,3)25-17(23)21(11-5-6-16(22)20-4)12-13-24-15-9-7-14(19)8-10-15;9-7-1-3-8(4-2-7)11-6-5-10;1-7-5(8)3-2-4-6;/h5-10H,11-13H2,1-4H3,(H,20,22);1-4H,5-6,10H2;2-3H,4H2,1H3,(H,7,8);1H/b6-5+;;3-2+;. The van der Waals surface area contributed by atoms with Gasteiger partial charge in [0.15, 0.2) is 0 Å². The number of rotatable bonds is 12. The Labute approximate surface area is 309 Å². The van der Waals surface area contributed by atoms with Crippen molar-refractivity contribution in [1.29, 1.82) is 0 Å². The molecule has 2 aromatic rings. The summed E-state index contributed by atoms with van der Waals surface area (Å²) >= 11 is 7.62. The third-order valence-electron chi connectivity index (χ3n) is 4.74. The summed E-state index contributed by atoms with van der Waals surface area (Å²) in [5.74, 6) is 1.34. The number of likely N-dealkylation sites (N-methyl/N-ethyl adjacent to an activating group) is 2. The molecule has 0 saturated heterocycles. The van der Waals surface area contributed by atoms with Crippen molar-refractivity contribution < 1.29 is 28.6 Å². The van der Waals surface area contributed by atoms with Crippen molar-refractivity contribution in [2.75, 3.05) is 52.3 Å². The van der Waals surface area contributed by atoms with E-state index in [0.29, 0.717) is 26.3 Å². The number of benzene rings is 2. The molecule has 0 atom stereocenters. The second-order valence-electron chi connectivity index (χ2n) is 9.51. The number of allylic oxidation sites excluding steroid dienone is 1. The normalized spacial score (nSPS) is 10.3. The van der Waals surface area contributed by atoms with Gasteiger partial charge in [-0.15, -0.1) is 12.4 Å². The van der Waals surface area contributed by atoms with Gasteiger partial charge in [0.2, 0.25) is 11.8 Å². The van der Waals surface area contributed by atoms with Gasteiger partial charge in [0.25, 0.3) is 0 Å². The highest BCUT2D eigenvalue weighted by molar-refractivity contribution is 14.1. The summed E-state index contributed by atoms with van der Waals surface area (Å²) in [6.45, 7) is 7.51. The van der Waals surface area contributed by atoms with Crippen molar-refractivity contribution in [2.45, 2.75) is 26.4 Å². The van der Waals surface area contributed by atoms with Crippen molar-refractivity contribution in [2.24, 2.45) is 5.73 Å². The van der Waals surface area contributed by atoms with E-state index in [-0.39, 0.29) is 30.8 Å². The molecule has 0 aliphatic carbocycles. The van der Waals surface area contributed by atoms with Crippen LogP contribution in [-0.4, -0.2) is 80.7 Å². The minimum Gasteiger partial charge on any atom is -0.492 e. The zero-order valence-electron chi connectivity index (χ0n) is 26.2. The number of hydrogen-bond acceptors (Lipinski definition) is 7. The van der Waals surface area contributed by atoms with Gasteiger partial charge in [-0.25, -0.2) is 4.79 Å². The number of hydrogen-bond donors (Lipinski definition) is 3. The first-order valence-corrected chi connectivity index (χ1v) is 16.9. The molecule has 2 rings (SSSR count). The highest BCUT2D eigenvalue weighted by Gasteiger charge is 2.21. The molecular weight excluding hydrogens is 894 g/mol. The first kappa shape index (κ1) is 45.0. The average molecular weight is 938 g/mol. The van der Waals surface area contributed by atoms with E-state index in [1.165, 1.54) is 20.6 Å². The number of nitrogens with two attached hydrogens (primary N) is 1. The van der Waals surface area contributed by atoms with E-state index in [9.17, 15) is 14.4 Å². The van der Waals surface area contributed by atoms with E-state index in [0.717, 1.165) is 20.4 Å². The fourth-order valence-electron chi connectivity index (χ4n) is 2.70. The lowest BCUT2D eigenvalue weighted by Gasteiger charge is -2.26. The van der Waals surface area contributed by atoms with Crippen LogP contribution in [0, 0.1) is 7.14 Å². The van der Waals surface area contributed by atoms with Gasteiger partial charge in [-0.05, 0) is 121 Å². The maximum Gasteiger partial charge on any atom is 0.410 e. The van der Waals surface area contributed by atoms with Gasteiger partial charge in [0, 0.05) is 45.7 Å². The molecule has 2 aromatic carbocycles. The van der Waals surface area contributed by atoms with E-state index < -0.39 is 11.7 Å². The zero-order valence-corrected chi connectivity index (χ0v) is 32.9. The van der Waals surface area contributed by atoms with Crippen LogP contribution in [-0.2, 0) is 14.3 Å². The Kier molecular flexibility index (Phi) is 27.1. The number of halogens is 4. The third kappa shape index (κ3) is 25.8. The topological polar surface area (TPSA) is 132 Å². The molecule has 3 amide bonds. The number of carbonyl (C=O) groups excluding carboxylic acids is 3. The van der Waals surface area contributed by atoms with Crippen molar-refractivity contribution in [3.63, 3.8) is 0 Å². The number of nitrogens with zero attached hydrogens (tertiary/aromatic N) is 1. The number of nitrogens with one attached hydrogen (secondary N) is 2. The highest BCUT2D eigenvalue weighted by atomic mass is 127. The third-order valence-corrected chi connectivity index (χ3v) is 6.55.